The van der Waals surface area contributed by atoms with Gasteiger partial charge in [-0.05, 0) is 36.6 Å². The highest BCUT2D eigenvalue weighted by molar-refractivity contribution is 5.76. The van der Waals surface area contributed by atoms with E-state index in [0.717, 1.165) is 12.1 Å². The zero-order valence-electron chi connectivity index (χ0n) is 16.1. The van der Waals surface area contributed by atoms with Crippen LogP contribution in [0.1, 0.15) is 12.0 Å². The minimum atomic E-state index is -0.204. The lowest BCUT2D eigenvalue weighted by atomic mass is 10.1. The second-order valence-corrected chi connectivity index (χ2v) is 6.58. The van der Waals surface area contributed by atoms with Crippen molar-refractivity contribution in [1.82, 2.24) is 19.5 Å². The molecule has 0 fully saturated rings. The molecule has 0 spiro atoms. The lowest BCUT2D eigenvalue weighted by molar-refractivity contribution is 0.190. The molecule has 8 heteroatoms. The maximum atomic E-state index is 13.8. The van der Waals surface area contributed by atoms with Gasteiger partial charge in [0.1, 0.15) is 11.3 Å². The van der Waals surface area contributed by atoms with Gasteiger partial charge in [0.15, 0.2) is 17.2 Å². The smallest absolute Gasteiger partial charge is 0.224 e. The first-order chi connectivity index (χ1) is 14.3. The van der Waals surface area contributed by atoms with Crippen molar-refractivity contribution in [2.45, 2.75) is 19.4 Å². The van der Waals surface area contributed by atoms with Crippen molar-refractivity contribution in [2.24, 2.45) is 0 Å². The van der Waals surface area contributed by atoms with Gasteiger partial charge in [-0.2, -0.15) is 4.98 Å². The average Bonchev–Trinajstić information content (AvgIpc) is 3.38. The van der Waals surface area contributed by atoms with Crippen LogP contribution in [0.2, 0.25) is 0 Å². The SMILES string of the molecule is COCCCn1c(-c2ccco2)nc2cnc(NCCc3ccccc3F)nc21. The van der Waals surface area contributed by atoms with Gasteiger partial charge in [0.05, 0.1) is 12.5 Å². The number of imidazole rings is 1. The third-order valence-electron chi connectivity index (χ3n) is 4.59. The molecule has 7 nitrogen and oxygen atoms in total. The predicted octanol–water partition coefficient (Wildman–Crippen LogP) is 3.92. The summed E-state index contributed by atoms with van der Waals surface area (Å²) < 4.78 is 26.5. The number of rotatable bonds is 9. The van der Waals surface area contributed by atoms with Crippen LogP contribution in [0.4, 0.5) is 10.3 Å². The van der Waals surface area contributed by atoms with Gasteiger partial charge < -0.3 is 19.0 Å². The first-order valence-electron chi connectivity index (χ1n) is 9.49. The Morgan fingerprint density at radius 3 is 2.86 bits per heavy atom. The first-order valence-corrected chi connectivity index (χ1v) is 9.49. The zero-order chi connectivity index (χ0) is 20.1. The van der Waals surface area contributed by atoms with Crippen molar-refractivity contribution in [1.29, 1.82) is 0 Å². The molecule has 3 heterocycles. The molecule has 0 radical (unpaired) electrons. The first kappa shape index (κ1) is 19.1. The molecule has 4 aromatic rings. The van der Waals surface area contributed by atoms with Gasteiger partial charge in [0.25, 0.3) is 0 Å². The van der Waals surface area contributed by atoms with E-state index in [0.29, 0.717) is 54.7 Å². The number of aromatic nitrogens is 4. The number of hydrogen-bond acceptors (Lipinski definition) is 6. The Kier molecular flexibility index (Phi) is 5.81. The standard InChI is InChI=1S/C21H22FN5O2/c1-28-12-5-11-27-19-17(25-20(27)18-8-4-13-29-18)14-24-21(26-19)23-10-9-15-6-2-3-7-16(15)22/h2-4,6-8,13-14H,5,9-12H2,1H3,(H,23,24,26). The second-order valence-electron chi connectivity index (χ2n) is 6.58. The molecule has 0 aliphatic rings. The minimum absolute atomic E-state index is 0.204. The highest BCUT2D eigenvalue weighted by Gasteiger charge is 2.16. The van der Waals surface area contributed by atoms with Gasteiger partial charge in [-0.1, -0.05) is 18.2 Å². The molecule has 0 saturated heterocycles. The molecule has 1 N–H and O–H groups in total. The number of fused-ring (bicyclic) bond motifs is 1. The highest BCUT2D eigenvalue weighted by atomic mass is 19.1. The molecule has 0 aliphatic heterocycles. The molecule has 0 bridgehead atoms. The van der Waals surface area contributed by atoms with Crippen LogP contribution < -0.4 is 5.32 Å². The maximum absolute atomic E-state index is 13.8. The number of aryl methyl sites for hydroxylation is 1. The summed E-state index contributed by atoms with van der Waals surface area (Å²) in [6.07, 6.45) is 4.66. The fourth-order valence-corrected chi connectivity index (χ4v) is 3.19. The van der Waals surface area contributed by atoms with E-state index in [1.807, 2.05) is 22.8 Å². The van der Waals surface area contributed by atoms with Crippen LogP contribution in [-0.2, 0) is 17.7 Å². The lowest BCUT2D eigenvalue weighted by Gasteiger charge is -2.08. The number of hydrogen-bond donors (Lipinski definition) is 1. The number of ether oxygens (including phenoxy) is 1. The lowest BCUT2D eigenvalue weighted by Crippen LogP contribution is -2.10. The Labute approximate surface area is 167 Å². The Morgan fingerprint density at radius 2 is 2.07 bits per heavy atom. The van der Waals surface area contributed by atoms with Gasteiger partial charge in [0.2, 0.25) is 5.95 Å². The molecule has 1 aromatic carbocycles. The van der Waals surface area contributed by atoms with Crippen molar-refractivity contribution >= 4 is 17.1 Å². The summed E-state index contributed by atoms with van der Waals surface area (Å²) in [6, 6.07) is 10.5. The molecule has 3 aromatic heterocycles. The third kappa shape index (κ3) is 4.27. The normalized spacial score (nSPS) is 11.2. The molecule has 4 rings (SSSR count). The van der Waals surface area contributed by atoms with Crippen LogP contribution >= 0.6 is 0 Å². The number of nitrogens with zero attached hydrogens (tertiary/aromatic N) is 4. The van der Waals surface area contributed by atoms with Crippen molar-refractivity contribution in [2.75, 3.05) is 25.6 Å². The largest absolute Gasteiger partial charge is 0.461 e. The molecular formula is C21H22FN5O2. The van der Waals surface area contributed by atoms with Gasteiger partial charge in [-0.3, -0.25) is 0 Å². The van der Waals surface area contributed by atoms with E-state index in [1.165, 1.54) is 6.07 Å². The molecule has 150 valence electrons. The fraction of sp³-hybridized carbons (Fsp3) is 0.286. The summed E-state index contributed by atoms with van der Waals surface area (Å²) in [6.45, 7) is 1.84. The van der Waals surface area contributed by atoms with Crippen LogP contribution in [0.15, 0.2) is 53.3 Å². The number of benzene rings is 1. The van der Waals surface area contributed by atoms with Crippen molar-refractivity contribution in [3.05, 3.63) is 60.2 Å². The summed E-state index contributed by atoms with van der Waals surface area (Å²) >= 11 is 0. The summed E-state index contributed by atoms with van der Waals surface area (Å²) in [5.74, 6) is 1.66. The number of halogens is 1. The summed E-state index contributed by atoms with van der Waals surface area (Å²) in [5.41, 5.74) is 2.06. The molecule has 0 atom stereocenters. The summed E-state index contributed by atoms with van der Waals surface area (Å²) in [4.78, 5) is 13.6. The molecule has 0 amide bonds. The van der Waals surface area contributed by atoms with Crippen LogP contribution in [0.3, 0.4) is 0 Å². The van der Waals surface area contributed by atoms with E-state index in [9.17, 15) is 4.39 Å². The van der Waals surface area contributed by atoms with E-state index in [2.05, 4.69) is 20.3 Å². The summed E-state index contributed by atoms with van der Waals surface area (Å²) in [7, 11) is 1.68. The molecule has 0 saturated carbocycles. The quantitative estimate of drug-likeness (QED) is 0.433. The van der Waals surface area contributed by atoms with Crippen molar-refractivity contribution < 1.29 is 13.5 Å². The average molecular weight is 395 g/mol. The predicted molar refractivity (Wildman–Crippen MR) is 108 cm³/mol. The van der Waals surface area contributed by atoms with E-state index >= 15 is 0 Å². The van der Waals surface area contributed by atoms with E-state index < -0.39 is 0 Å². The maximum Gasteiger partial charge on any atom is 0.224 e. The Balaban J connectivity index is 1.56. The van der Waals surface area contributed by atoms with Crippen LogP contribution in [0, 0.1) is 5.82 Å². The van der Waals surface area contributed by atoms with Crippen LogP contribution in [0.5, 0.6) is 0 Å². The van der Waals surface area contributed by atoms with Crippen LogP contribution in [0.25, 0.3) is 22.7 Å². The van der Waals surface area contributed by atoms with Crippen LogP contribution in [-0.4, -0.2) is 39.8 Å². The molecule has 0 aliphatic carbocycles. The number of methoxy groups -OCH3 is 1. The number of anilines is 1. The summed E-state index contributed by atoms with van der Waals surface area (Å²) in [5, 5.41) is 3.17. The van der Waals surface area contributed by atoms with Gasteiger partial charge in [0, 0.05) is 26.8 Å². The fourth-order valence-electron chi connectivity index (χ4n) is 3.19. The third-order valence-corrected chi connectivity index (χ3v) is 4.59. The zero-order valence-corrected chi connectivity index (χ0v) is 16.1. The van der Waals surface area contributed by atoms with E-state index in [4.69, 9.17) is 9.15 Å². The number of nitrogens with one attached hydrogen (secondary N) is 1. The Bertz CT molecular complexity index is 1080. The van der Waals surface area contributed by atoms with E-state index in [1.54, 1.807) is 31.7 Å². The number of furan rings is 1. The van der Waals surface area contributed by atoms with Crippen molar-refractivity contribution in [3.8, 4) is 11.6 Å². The Hall–Kier alpha value is -3.26. The molecular weight excluding hydrogens is 373 g/mol. The molecule has 0 unspecified atom stereocenters. The van der Waals surface area contributed by atoms with Gasteiger partial charge >= 0.3 is 0 Å². The van der Waals surface area contributed by atoms with Gasteiger partial charge in [-0.15, -0.1) is 0 Å². The highest BCUT2D eigenvalue weighted by Crippen LogP contribution is 2.25. The minimum Gasteiger partial charge on any atom is -0.461 e. The molecule has 29 heavy (non-hydrogen) atoms. The Morgan fingerprint density at radius 1 is 1.17 bits per heavy atom. The second kappa shape index (κ2) is 8.83. The topological polar surface area (TPSA) is 78.0 Å². The van der Waals surface area contributed by atoms with E-state index in [-0.39, 0.29) is 5.82 Å². The van der Waals surface area contributed by atoms with Crippen molar-refractivity contribution in [3.63, 3.8) is 0 Å². The van der Waals surface area contributed by atoms with Gasteiger partial charge in [-0.25, -0.2) is 14.4 Å². The monoisotopic (exact) mass is 395 g/mol.